The first-order valence-corrected chi connectivity index (χ1v) is 4.11. The van der Waals surface area contributed by atoms with Crippen LogP contribution in [0.5, 0.6) is 0 Å². The molecule has 1 aliphatic rings. The van der Waals surface area contributed by atoms with Crippen LogP contribution in [0, 0.1) is 5.92 Å². The van der Waals surface area contributed by atoms with Crippen LogP contribution < -0.4 is 5.32 Å². The SMILES string of the molecule is CC1CCC(COC=O)CN1. The van der Waals surface area contributed by atoms with Crippen LogP contribution in [0.4, 0.5) is 0 Å². The van der Waals surface area contributed by atoms with Gasteiger partial charge in [0.15, 0.2) is 0 Å². The minimum absolute atomic E-state index is 0.524. The average Bonchev–Trinajstić information content (AvgIpc) is 2.04. The van der Waals surface area contributed by atoms with Gasteiger partial charge >= 0.3 is 0 Å². The van der Waals surface area contributed by atoms with Crippen molar-refractivity contribution in [1.29, 1.82) is 0 Å². The standard InChI is InChI=1S/C8H15NO2/c1-7-2-3-8(4-9-7)5-11-6-10/h6-9H,2-5H2,1H3. The van der Waals surface area contributed by atoms with Crippen molar-refractivity contribution < 1.29 is 9.53 Å². The van der Waals surface area contributed by atoms with Gasteiger partial charge in [-0.25, -0.2) is 0 Å². The van der Waals surface area contributed by atoms with Crippen molar-refractivity contribution in [2.45, 2.75) is 25.8 Å². The third-order valence-corrected chi connectivity index (χ3v) is 2.16. The van der Waals surface area contributed by atoms with Gasteiger partial charge < -0.3 is 10.1 Å². The zero-order chi connectivity index (χ0) is 8.10. The fourth-order valence-electron chi connectivity index (χ4n) is 1.38. The molecule has 1 aliphatic heterocycles. The molecule has 0 aromatic heterocycles. The van der Waals surface area contributed by atoms with Crippen LogP contribution >= 0.6 is 0 Å². The zero-order valence-electron chi connectivity index (χ0n) is 6.88. The first-order chi connectivity index (χ1) is 5.33. The van der Waals surface area contributed by atoms with Crippen LogP contribution in [-0.2, 0) is 9.53 Å². The van der Waals surface area contributed by atoms with Crippen molar-refractivity contribution in [3.8, 4) is 0 Å². The quantitative estimate of drug-likeness (QED) is 0.608. The predicted octanol–water partition coefficient (Wildman–Crippen LogP) is 0.547. The average molecular weight is 157 g/mol. The number of nitrogens with one attached hydrogen (secondary N) is 1. The van der Waals surface area contributed by atoms with Gasteiger partial charge in [-0.05, 0) is 19.8 Å². The molecule has 1 rings (SSSR count). The molecule has 0 amide bonds. The molecule has 1 N–H and O–H groups in total. The summed E-state index contributed by atoms with van der Waals surface area (Å²) in [6.07, 6.45) is 2.36. The van der Waals surface area contributed by atoms with Gasteiger partial charge in [0.1, 0.15) is 0 Å². The fraction of sp³-hybridized carbons (Fsp3) is 0.875. The second-order valence-electron chi connectivity index (χ2n) is 3.18. The molecule has 64 valence electrons. The minimum Gasteiger partial charge on any atom is -0.468 e. The maximum absolute atomic E-state index is 9.87. The van der Waals surface area contributed by atoms with Crippen LogP contribution in [0.3, 0.4) is 0 Å². The maximum Gasteiger partial charge on any atom is 0.293 e. The van der Waals surface area contributed by atoms with E-state index in [4.69, 9.17) is 0 Å². The van der Waals surface area contributed by atoms with E-state index < -0.39 is 0 Å². The highest BCUT2D eigenvalue weighted by Gasteiger charge is 2.17. The summed E-state index contributed by atoms with van der Waals surface area (Å²) in [5, 5.41) is 3.35. The lowest BCUT2D eigenvalue weighted by Crippen LogP contribution is -2.38. The summed E-state index contributed by atoms with van der Waals surface area (Å²) in [7, 11) is 0. The first-order valence-electron chi connectivity index (χ1n) is 4.11. The zero-order valence-corrected chi connectivity index (χ0v) is 6.88. The summed E-state index contributed by atoms with van der Waals surface area (Å²) < 4.78 is 4.69. The molecule has 2 unspecified atom stereocenters. The van der Waals surface area contributed by atoms with Gasteiger partial charge in [-0.15, -0.1) is 0 Å². The molecular weight excluding hydrogens is 142 g/mol. The van der Waals surface area contributed by atoms with E-state index in [2.05, 4.69) is 17.0 Å². The Morgan fingerprint density at radius 2 is 2.45 bits per heavy atom. The van der Waals surface area contributed by atoms with Gasteiger partial charge in [-0.2, -0.15) is 0 Å². The summed E-state index contributed by atoms with van der Waals surface area (Å²) >= 11 is 0. The summed E-state index contributed by atoms with van der Waals surface area (Å²) in [5.74, 6) is 0.524. The van der Waals surface area contributed by atoms with Gasteiger partial charge in [0, 0.05) is 18.5 Å². The van der Waals surface area contributed by atoms with Crippen molar-refractivity contribution in [2.24, 2.45) is 5.92 Å². The van der Waals surface area contributed by atoms with E-state index in [-0.39, 0.29) is 0 Å². The molecule has 3 heteroatoms. The van der Waals surface area contributed by atoms with Crippen LogP contribution in [0.15, 0.2) is 0 Å². The van der Waals surface area contributed by atoms with Gasteiger partial charge in [0.2, 0.25) is 0 Å². The highest BCUT2D eigenvalue weighted by atomic mass is 16.5. The molecule has 0 spiro atoms. The maximum atomic E-state index is 9.87. The Kier molecular flexibility index (Phi) is 3.36. The molecule has 0 saturated carbocycles. The van der Waals surface area contributed by atoms with Crippen LogP contribution in [-0.4, -0.2) is 25.7 Å². The van der Waals surface area contributed by atoms with Crippen molar-refractivity contribution in [3.05, 3.63) is 0 Å². The Hall–Kier alpha value is -0.570. The third-order valence-electron chi connectivity index (χ3n) is 2.16. The number of carbonyl (C=O) groups excluding carboxylic acids is 1. The summed E-state index contributed by atoms with van der Waals surface area (Å²) in [4.78, 5) is 9.87. The second-order valence-corrected chi connectivity index (χ2v) is 3.18. The smallest absolute Gasteiger partial charge is 0.293 e. The molecule has 1 saturated heterocycles. The second kappa shape index (κ2) is 4.34. The monoisotopic (exact) mass is 157 g/mol. The lowest BCUT2D eigenvalue weighted by Gasteiger charge is -2.26. The van der Waals surface area contributed by atoms with Gasteiger partial charge in [-0.1, -0.05) is 0 Å². The van der Waals surface area contributed by atoms with E-state index >= 15 is 0 Å². The number of hydrogen-bond acceptors (Lipinski definition) is 3. The number of piperidine rings is 1. The molecule has 0 aliphatic carbocycles. The van der Waals surface area contributed by atoms with E-state index in [9.17, 15) is 4.79 Å². The van der Waals surface area contributed by atoms with Crippen molar-refractivity contribution >= 4 is 6.47 Å². The Labute approximate surface area is 67.1 Å². The van der Waals surface area contributed by atoms with E-state index in [1.165, 1.54) is 12.8 Å². The molecule has 3 nitrogen and oxygen atoms in total. The van der Waals surface area contributed by atoms with Crippen molar-refractivity contribution in [1.82, 2.24) is 5.32 Å². The molecule has 1 fully saturated rings. The van der Waals surface area contributed by atoms with E-state index in [0.29, 0.717) is 25.0 Å². The molecule has 0 aromatic rings. The normalized spacial score (nSPS) is 31.4. The van der Waals surface area contributed by atoms with E-state index in [1.54, 1.807) is 0 Å². The first kappa shape index (κ1) is 8.53. The lowest BCUT2D eigenvalue weighted by atomic mass is 9.96. The molecule has 11 heavy (non-hydrogen) atoms. The Bertz CT molecular complexity index is 119. The number of rotatable bonds is 3. The fourth-order valence-corrected chi connectivity index (χ4v) is 1.38. The van der Waals surface area contributed by atoms with Gasteiger partial charge in [0.25, 0.3) is 6.47 Å². The molecule has 1 heterocycles. The van der Waals surface area contributed by atoms with Crippen LogP contribution in [0.1, 0.15) is 19.8 Å². The van der Waals surface area contributed by atoms with Crippen LogP contribution in [0.25, 0.3) is 0 Å². The topological polar surface area (TPSA) is 38.3 Å². The van der Waals surface area contributed by atoms with Crippen molar-refractivity contribution in [2.75, 3.05) is 13.2 Å². The minimum atomic E-state index is 0.524. The highest BCUT2D eigenvalue weighted by molar-refractivity contribution is 5.36. The predicted molar refractivity (Wildman–Crippen MR) is 42.2 cm³/mol. The summed E-state index contributed by atoms with van der Waals surface area (Å²) in [6.45, 7) is 4.26. The highest BCUT2D eigenvalue weighted by Crippen LogP contribution is 2.13. The van der Waals surface area contributed by atoms with Gasteiger partial charge in [0.05, 0.1) is 6.61 Å². The molecule has 2 atom stereocenters. The molecule has 0 radical (unpaired) electrons. The number of hydrogen-bond donors (Lipinski definition) is 1. The number of carbonyl (C=O) groups is 1. The Balaban J connectivity index is 2.12. The number of ether oxygens (including phenoxy) is 1. The largest absolute Gasteiger partial charge is 0.468 e. The van der Waals surface area contributed by atoms with Crippen LogP contribution in [0.2, 0.25) is 0 Å². The summed E-state index contributed by atoms with van der Waals surface area (Å²) in [6, 6.07) is 0.627. The van der Waals surface area contributed by atoms with E-state index in [0.717, 1.165) is 6.54 Å². The van der Waals surface area contributed by atoms with E-state index in [1.807, 2.05) is 0 Å². The molecule has 0 bridgehead atoms. The third kappa shape index (κ3) is 2.89. The van der Waals surface area contributed by atoms with Gasteiger partial charge in [-0.3, -0.25) is 4.79 Å². The Morgan fingerprint density at radius 3 is 3.00 bits per heavy atom. The molecular formula is C8H15NO2. The molecule has 0 aromatic carbocycles. The Morgan fingerprint density at radius 1 is 1.64 bits per heavy atom. The lowest BCUT2D eigenvalue weighted by molar-refractivity contribution is -0.130. The summed E-state index contributed by atoms with van der Waals surface area (Å²) in [5.41, 5.74) is 0. The van der Waals surface area contributed by atoms with Crippen molar-refractivity contribution in [3.63, 3.8) is 0 Å².